The molecule has 7 nitrogen and oxygen atoms in total. The summed E-state index contributed by atoms with van der Waals surface area (Å²) in [6, 6.07) is -0.794. The second-order valence-electron chi connectivity index (χ2n) is 5.48. The lowest BCUT2D eigenvalue weighted by Gasteiger charge is -2.37. The van der Waals surface area contributed by atoms with E-state index in [0.717, 1.165) is 6.42 Å². The topological polar surface area (TPSA) is 102 Å². The Balaban J connectivity index is 2.14. The van der Waals surface area contributed by atoms with Crippen molar-refractivity contribution in [2.45, 2.75) is 39.0 Å². The number of amides is 4. The van der Waals surface area contributed by atoms with Gasteiger partial charge in [-0.1, -0.05) is 12.2 Å². The van der Waals surface area contributed by atoms with Gasteiger partial charge in [-0.3, -0.25) is 25.0 Å². The molecule has 120 valence electrons. The van der Waals surface area contributed by atoms with Crippen LogP contribution in [0, 0.1) is 11.3 Å². The van der Waals surface area contributed by atoms with Gasteiger partial charge in [0.1, 0.15) is 5.41 Å². The van der Waals surface area contributed by atoms with Gasteiger partial charge in [0.05, 0.1) is 6.61 Å². The summed E-state index contributed by atoms with van der Waals surface area (Å²) in [6.07, 6.45) is 5.92. The van der Waals surface area contributed by atoms with Crippen molar-refractivity contribution < 1.29 is 23.9 Å². The Bertz CT molecular complexity index is 506. The number of hydrogen-bond acceptors (Lipinski definition) is 5. The largest absolute Gasteiger partial charge is 0.466 e. The van der Waals surface area contributed by atoms with E-state index in [1.165, 1.54) is 0 Å². The first-order valence-electron chi connectivity index (χ1n) is 7.50. The Morgan fingerprint density at radius 2 is 2.00 bits per heavy atom. The summed E-state index contributed by atoms with van der Waals surface area (Å²) in [5, 5.41) is 4.36. The molecular formula is C15H20N2O5. The summed E-state index contributed by atoms with van der Waals surface area (Å²) in [5.41, 5.74) is -1.33. The predicted octanol–water partition coefficient (Wildman–Crippen LogP) is 1.04. The van der Waals surface area contributed by atoms with E-state index >= 15 is 0 Å². The summed E-state index contributed by atoms with van der Waals surface area (Å²) in [7, 11) is 0. The van der Waals surface area contributed by atoms with E-state index in [0.29, 0.717) is 19.4 Å². The van der Waals surface area contributed by atoms with Crippen molar-refractivity contribution in [3.05, 3.63) is 12.2 Å². The number of carbonyl (C=O) groups is 4. The average molecular weight is 308 g/mol. The van der Waals surface area contributed by atoms with Crippen LogP contribution in [0.25, 0.3) is 0 Å². The molecule has 2 N–H and O–H groups in total. The first-order chi connectivity index (χ1) is 10.5. The molecule has 0 aromatic rings. The number of carbonyl (C=O) groups excluding carboxylic acids is 4. The number of hydrogen-bond donors (Lipinski definition) is 2. The molecule has 0 spiro atoms. The molecule has 1 saturated heterocycles. The molecule has 0 aromatic carbocycles. The van der Waals surface area contributed by atoms with Gasteiger partial charge in [0.15, 0.2) is 0 Å². The Hall–Kier alpha value is -2.18. The standard InChI is InChI=1S/C15H20N2O5/c1-2-22-11(18)8-5-9-15(10-6-3-4-7-10)12(19)16-14(21)17-13(15)20/h3,6,10H,2,4-5,7-9H2,1H3,(H2,16,17,19,20,21). The van der Waals surface area contributed by atoms with Crippen LogP contribution in [-0.2, 0) is 19.1 Å². The third kappa shape index (κ3) is 3.03. The molecule has 1 atom stereocenters. The van der Waals surface area contributed by atoms with Crippen LogP contribution >= 0.6 is 0 Å². The molecule has 4 amide bonds. The van der Waals surface area contributed by atoms with Gasteiger partial charge in [0, 0.05) is 12.3 Å². The van der Waals surface area contributed by atoms with Crippen LogP contribution < -0.4 is 10.6 Å². The van der Waals surface area contributed by atoms with Crippen molar-refractivity contribution in [1.82, 2.24) is 10.6 Å². The van der Waals surface area contributed by atoms with Crippen LogP contribution in [-0.4, -0.2) is 30.4 Å². The van der Waals surface area contributed by atoms with Crippen LogP contribution in [0.2, 0.25) is 0 Å². The molecule has 0 aromatic heterocycles. The molecule has 1 aliphatic heterocycles. The molecule has 1 fully saturated rings. The summed E-state index contributed by atoms with van der Waals surface area (Å²) in [5.74, 6) is -1.78. The van der Waals surface area contributed by atoms with Crippen LogP contribution in [0.4, 0.5) is 4.79 Å². The highest BCUT2D eigenvalue weighted by atomic mass is 16.5. The molecule has 0 bridgehead atoms. The van der Waals surface area contributed by atoms with E-state index in [2.05, 4.69) is 10.6 Å². The quantitative estimate of drug-likeness (QED) is 0.433. The second-order valence-corrected chi connectivity index (χ2v) is 5.48. The lowest BCUT2D eigenvalue weighted by Crippen LogP contribution is -2.64. The number of ether oxygens (including phenoxy) is 1. The summed E-state index contributed by atoms with van der Waals surface area (Å²) >= 11 is 0. The highest BCUT2D eigenvalue weighted by Gasteiger charge is 2.54. The fourth-order valence-electron chi connectivity index (χ4n) is 3.10. The maximum Gasteiger partial charge on any atom is 0.328 e. The van der Waals surface area contributed by atoms with E-state index in [1.807, 2.05) is 12.2 Å². The van der Waals surface area contributed by atoms with Crippen LogP contribution in [0.3, 0.4) is 0 Å². The zero-order chi connectivity index (χ0) is 16.2. The van der Waals surface area contributed by atoms with Crippen LogP contribution in [0.5, 0.6) is 0 Å². The van der Waals surface area contributed by atoms with E-state index in [1.54, 1.807) is 6.92 Å². The number of esters is 1. The summed E-state index contributed by atoms with van der Waals surface area (Å²) < 4.78 is 4.85. The first-order valence-corrected chi connectivity index (χ1v) is 7.50. The number of nitrogens with one attached hydrogen (secondary N) is 2. The Morgan fingerprint density at radius 3 is 2.55 bits per heavy atom. The van der Waals surface area contributed by atoms with Crippen molar-refractivity contribution in [3.8, 4) is 0 Å². The molecule has 7 heteroatoms. The smallest absolute Gasteiger partial charge is 0.328 e. The van der Waals surface area contributed by atoms with Crippen molar-refractivity contribution in [3.63, 3.8) is 0 Å². The molecule has 2 rings (SSSR count). The van der Waals surface area contributed by atoms with Gasteiger partial charge in [-0.15, -0.1) is 0 Å². The van der Waals surface area contributed by atoms with Gasteiger partial charge in [0.2, 0.25) is 11.8 Å². The van der Waals surface area contributed by atoms with Crippen molar-refractivity contribution in [2.24, 2.45) is 11.3 Å². The molecule has 1 aliphatic carbocycles. The van der Waals surface area contributed by atoms with Crippen molar-refractivity contribution >= 4 is 23.8 Å². The minimum Gasteiger partial charge on any atom is -0.466 e. The molecule has 2 aliphatic rings. The maximum atomic E-state index is 12.4. The van der Waals surface area contributed by atoms with Gasteiger partial charge < -0.3 is 4.74 Å². The fourth-order valence-corrected chi connectivity index (χ4v) is 3.10. The monoisotopic (exact) mass is 308 g/mol. The van der Waals surface area contributed by atoms with E-state index < -0.39 is 23.3 Å². The SMILES string of the molecule is CCOC(=O)CCCC1(C2C=CCC2)C(=O)NC(=O)NC1=O. The Morgan fingerprint density at radius 1 is 1.32 bits per heavy atom. The minimum absolute atomic E-state index is 0.139. The maximum absolute atomic E-state index is 12.4. The summed E-state index contributed by atoms with van der Waals surface area (Å²) in [6.45, 7) is 2.02. The van der Waals surface area contributed by atoms with Crippen molar-refractivity contribution in [1.29, 1.82) is 0 Å². The van der Waals surface area contributed by atoms with E-state index in [-0.39, 0.29) is 24.7 Å². The Kier molecular flexibility index (Phi) is 4.95. The molecule has 1 unspecified atom stereocenters. The first kappa shape index (κ1) is 16.2. The average Bonchev–Trinajstić information content (AvgIpc) is 2.96. The number of barbiturate groups is 1. The molecular weight excluding hydrogens is 288 g/mol. The van der Waals surface area contributed by atoms with Crippen LogP contribution in [0.15, 0.2) is 12.2 Å². The van der Waals surface area contributed by atoms with Gasteiger partial charge >= 0.3 is 12.0 Å². The van der Waals surface area contributed by atoms with E-state index in [4.69, 9.17) is 4.74 Å². The fraction of sp³-hybridized carbons (Fsp3) is 0.600. The normalized spacial score (nSPS) is 23.1. The van der Waals surface area contributed by atoms with Gasteiger partial charge in [-0.2, -0.15) is 0 Å². The molecule has 0 radical (unpaired) electrons. The summed E-state index contributed by atoms with van der Waals surface area (Å²) in [4.78, 5) is 47.5. The van der Waals surface area contributed by atoms with Gasteiger partial charge in [-0.05, 0) is 32.6 Å². The molecule has 22 heavy (non-hydrogen) atoms. The zero-order valence-corrected chi connectivity index (χ0v) is 12.5. The molecule has 1 heterocycles. The zero-order valence-electron chi connectivity index (χ0n) is 12.5. The lowest BCUT2D eigenvalue weighted by molar-refractivity contribution is -0.150. The predicted molar refractivity (Wildman–Crippen MR) is 76.5 cm³/mol. The second kappa shape index (κ2) is 6.72. The Labute approximate surface area is 128 Å². The third-order valence-corrected chi connectivity index (χ3v) is 4.17. The highest BCUT2D eigenvalue weighted by molar-refractivity contribution is 6.19. The highest BCUT2D eigenvalue weighted by Crippen LogP contribution is 2.42. The minimum atomic E-state index is -1.33. The third-order valence-electron chi connectivity index (χ3n) is 4.17. The van der Waals surface area contributed by atoms with E-state index in [9.17, 15) is 19.2 Å². The van der Waals surface area contributed by atoms with Gasteiger partial charge in [-0.25, -0.2) is 4.79 Å². The van der Waals surface area contributed by atoms with Crippen molar-refractivity contribution in [2.75, 3.05) is 6.61 Å². The number of imide groups is 2. The van der Waals surface area contributed by atoms with Crippen LogP contribution in [0.1, 0.15) is 39.0 Å². The molecule has 0 saturated carbocycles. The van der Waals surface area contributed by atoms with Gasteiger partial charge in [0.25, 0.3) is 0 Å². The number of urea groups is 1. The number of allylic oxidation sites excluding steroid dienone is 2. The number of rotatable bonds is 6. The lowest BCUT2D eigenvalue weighted by atomic mass is 9.69.